The van der Waals surface area contributed by atoms with Gasteiger partial charge in [0.1, 0.15) is 0 Å². The normalized spacial score (nSPS) is 10.1. The molecule has 0 radical (unpaired) electrons. The molecule has 2 rings (SSSR count). The van der Waals surface area contributed by atoms with E-state index in [2.05, 4.69) is 26.6 Å². The molecule has 0 heterocycles. The number of amides is 2. The van der Waals surface area contributed by atoms with Gasteiger partial charge in [0.15, 0.2) is 0 Å². The quantitative estimate of drug-likeness (QED) is 0.798. The van der Waals surface area contributed by atoms with Crippen LogP contribution in [0.4, 0.5) is 11.4 Å². The van der Waals surface area contributed by atoms with Gasteiger partial charge in [0.05, 0.1) is 13.1 Å². The molecule has 0 aliphatic rings. The van der Waals surface area contributed by atoms with Crippen LogP contribution < -0.4 is 15.5 Å². The number of benzene rings is 2. The second kappa shape index (κ2) is 8.49. The van der Waals surface area contributed by atoms with Gasteiger partial charge in [-0.25, -0.2) is 0 Å². The van der Waals surface area contributed by atoms with Gasteiger partial charge in [0, 0.05) is 22.9 Å². The highest BCUT2D eigenvalue weighted by Crippen LogP contribution is 2.19. The van der Waals surface area contributed by atoms with Crippen molar-refractivity contribution in [1.82, 2.24) is 5.32 Å². The molecule has 2 aromatic carbocycles. The minimum absolute atomic E-state index is 0.0586. The highest BCUT2D eigenvalue weighted by atomic mass is 79.9. The Hall–Kier alpha value is -2.34. The molecule has 0 fully saturated rings. The van der Waals surface area contributed by atoms with Gasteiger partial charge >= 0.3 is 0 Å². The van der Waals surface area contributed by atoms with E-state index in [1.807, 2.05) is 67.4 Å². The van der Waals surface area contributed by atoms with Crippen molar-refractivity contribution in [2.45, 2.75) is 6.92 Å². The summed E-state index contributed by atoms with van der Waals surface area (Å²) in [5.74, 6) is -0.458. The summed E-state index contributed by atoms with van der Waals surface area (Å²) in [5, 5.41) is 5.42. The molecule has 2 N–H and O–H groups in total. The molecule has 6 heteroatoms. The van der Waals surface area contributed by atoms with Crippen LogP contribution in [0.1, 0.15) is 5.56 Å². The third-order valence-corrected chi connectivity index (χ3v) is 3.98. The number of rotatable bonds is 6. The average Bonchev–Trinajstić information content (AvgIpc) is 2.56. The molecule has 0 aromatic heterocycles. The molecular formula is C18H20BrN3O2. The van der Waals surface area contributed by atoms with Crippen LogP contribution in [0.5, 0.6) is 0 Å². The molecular weight excluding hydrogens is 370 g/mol. The van der Waals surface area contributed by atoms with Gasteiger partial charge in [0.2, 0.25) is 11.8 Å². The van der Waals surface area contributed by atoms with E-state index in [0.717, 1.165) is 21.4 Å². The minimum Gasteiger partial charge on any atom is -0.365 e. The third-order valence-electron chi connectivity index (χ3n) is 3.49. The predicted molar refractivity (Wildman–Crippen MR) is 100 cm³/mol. The smallest absolute Gasteiger partial charge is 0.243 e. The number of hydrogen-bond acceptors (Lipinski definition) is 3. The molecule has 2 amide bonds. The Morgan fingerprint density at radius 1 is 1.08 bits per heavy atom. The van der Waals surface area contributed by atoms with E-state index in [4.69, 9.17) is 0 Å². The number of likely N-dealkylation sites (N-methyl/N-ethyl adjacent to an activating group) is 1. The van der Waals surface area contributed by atoms with Crippen molar-refractivity contribution < 1.29 is 9.59 Å². The Balaban J connectivity index is 1.80. The second-order valence-electron chi connectivity index (χ2n) is 5.48. The Morgan fingerprint density at radius 3 is 2.46 bits per heavy atom. The molecule has 0 atom stereocenters. The van der Waals surface area contributed by atoms with Gasteiger partial charge in [-0.05, 0) is 42.8 Å². The molecule has 0 saturated heterocycles. The number of para-hydroxylation sites is 1. The van der Waals surface area contributed by atoms with Crippen LogP contribution in [0.3, 0.4) is 0 Å². The Bertz CT molecular complexity index is 719. The zero-order chi connectivity index (χ0) is 17.5. The third kappa shape index (κ3) is 5.38. The summed E-state index contributed by atoms with van der Waals surface area (Å²) in [6.07, 6.45) is 0. The van der Waals surface area contributed by atoms with Crippen molar-refractivity contribution in [1.29, 1.82) is 0 Å². The lowest BCUT2D eigenvalue weighted by molar-refractivity contribution is -0.123. The van der Waals surface area contributed by atoms with Crippen molar-refractivity contribution in [2.75, 3.05) is 30.4 Å². The molecule has 0 aliphatic heterocycles. The first kappa shape index (κ1) is 18.0. The first-order valence-electron chi connectivity index (χ1n) is 7.54. The van der Waals surface area contributed by atoms with Crippen LogP contribution in [0.15, 0.2) is 53.0 Å². The molecule has 24 heavy (non-hydrogen) atoms. The zero-order valence-corrected chi connectivity index (χ0v) is 15.3. The number of nitrogens with zero attached hydrogens (tertiary/aromatic N) is 1. The van der Waals surface area contributed by atoms with Gasteiger partial charge in [-0.3, -0.25) is 9.59 Å². The highest BCUT2D eigenvalue weighted by molar-refractivity contribution is 9.10. The molecule has 0 bridgehead atoms. The van der Waals surface area contributed by atoms with E-state index in [1.54, 1.807) is 0 Å². The Kier molecular flexibility index (Phi) is 6.37. The fraction of sp³-hybridized carbons (Fsp3) is 0.222. The standard InChI is InChI=1S/C18H20BrN3O2/c1-13-10-14(19)8-9-16(13)21-17(23)11-20-18(24)12-22(2)15-6-4-3-5-7-15/h3-10H,11-12H2,1-2H3,(H,20,24)(H,21,23). The van der Waals surface area contributed by atoms with Gasteiger partial charge in [0.25, 0.3) is 0 Å². The SMILES string of the molecule is Cc1cc(Br)ccc1NC(=O)CNC(=O)CN(C)c1ccccc1. The van der Waals surface area contributed by atoms with Crippen molar-refractivity contribution >= 4 is 39.1 Å². The van der Waals surface area contributed by atoms with Crippen LogP contribution in [0, 0.1) is 6.92 Å². The molecule has 5 nitrogen and oxygen atoms in total. The van der Waals surface area contributed by atoms with Crippen molar-refractivity contribution in [3.8, 4) is 0 Å². The second-order valence-corrected chi connectivity index (χ2v) is 6.39. The van der Waals surface area contributed by atoms with Crippen LogP contribution in [-0.2, 0) is 9.59 Å². The monoisotopic (exact) mass is 389 g/mol. The predicted octanol–water partition coefficient (Wildman–Crippen LogP) is 2.95. The van der Waals surface area contributed by atoms with E-state index >= 15 is 0 Å². The maximum atomic E-state index is 12.0. The topological polar surface area (TPSA) is 61.4 Å². The van der Waals surface area contributed by atoms with E-state index < -0.39 is 0 Å². The fourth-order valence-electron chi connectivity index (χ4n) is 2.19. The summed E-state index contributed by atoms with van der Waals surface area (Å²) in [6.45, 7) is 2.04. The Morgan fingerprint density at radius 2 is 1.79 bits per heavy atom. The lowest BCUT2D eigenvalue weighted by atomic mass is 10.2. The van der Waals surface area contributed by atoms with Crippen LogP contribution in [0.2, 0.25) is 0 Å². The molecule has 0 unspecified atom stereocenters. The van der Waals surface area contributed by atoms with Gasteiger partial charge in [-0.2, -0.15) is 0 Å². The van der Waals surface area contributed by atoms with E-state index in [9.17, 15) is 9.59 Å². The number of nitrogens with one attached hydrogen (secondary N) is 2. The maximum absolute atomic E-state index is 12.0. The van der Waals surface area contributed by atoms with Crippen molar-refractivity contribution in [3.05, 3.63) is 58.6 Å². The van der Waals surface area contributed by atoms with Crippen LogP contribution in [-0.4, -0.2) is 32.0 Å². The highest BCUT2D eigenvalue weighted by Gasteiger charge is 2.10. The summed E-state index contributed by atoms with van der Waals surface area (Å²) >= 11 is 3.38. The van der Waals surface area contributed by atoms with Gasteiger partial charge in [-0.1, -0.05) is 34.1 Å². The molecule has 0 spiro atoms. The molecule has 2 aromatic rings. The minimum atomic E-state index is -0.254. The fourth-order valence-corrected chi connectivity index (χ4v) is 2.66. The summed E-state index contributed by atoms with van der Waals surface area (Å²) in [5.41, 5.74) is 2.63. The van der Waals surface area contributed by atoms with Crippen molar-refractivity contribution in [3.63, 3.8) is 0 Å². The largest absolute Gasteiger partial charge is 0.365 e. The summed E-state index contributed by atoms with van der Waals surface area (Å²) in [7, 11) is 1.83. The number of anilines is 2. The first-order chi connectivity index (χ1) is 11.5. The van der Waals surface area contributed by atoms with E-state index in [1.165, 1.54) is 0 Å². The number of hydrogen-bond donors (Lipinski definition) is 2. The average molecular weight is 390 g/mol. The molecule has 0 aliphatic carbocycles. The number of carbonyl (C=O) groups excluding carboxylic acids is 2. The molecule has 126 valence electrons. The summed E-state index contributed by atoms with van der Waals surface area (Å²) < 4.78 is 0.954. The summed E-state index contributed by atoms with van der Waals surface area (Å²) in [6, 6.07) is 15.2. The number of halogens is 1. The lowest BCUT2D eigenvalue weighted by Gasteiger charge is -2.18. The number of carbonyl (C=O) groups is 2. The Labute approximate surface area is 150 Å². The first-order valence-corrected chi connectivity index (χ1v) is 8.34. The van der Waals surface area contributed by atoms with E-state index in [0.29, 0.717) is 0 Å². The van der Waals surface area contributed by atoms with Crippen molar-refractivity contribution in [2.24, 2.45) is 0 Å². The number of aryl methyl sites for hydroxylation is 1. The summed E-state index contributed by atoms with van der Waals surface area (Å²) in [4.78, 5) is 25.7. The van der Waals surface area contributed by atoms with Crippen LogP contribution >= 0.6 is 15.9 Å². The van der Waals surface area contributed by atoms with Gasteiger partial charge < -0.3 is 15.5 Å². The lowest BCUT2D eigenvalue weighted by Crippen LogP contribution is -2.39. The molecule has 0 saturated carbocycles. The van der Waals surface area contributed by atoms with E-state index in [-0.39, 0.29) is 24.9 Å². The zero-order valence-electron chi connectivity index (χ0n) is 13.7. The van der Waals surface area contributed by atoms with Gasteiger partial charge in [-0.15, -0.1) is 0 Å². The maximum Gasteiger partial charge on any atom is 0.243 e. The van der Waals surface area contributed by atoms with Crippen LogP contribution in [0.25, 0.3) is 0 Å².